The molecule has 1 aromatic carbocycles. The molecule has 0 amide bonds. The molecule has 0 spiro atoms. The minimum Gasteiger partial charge on any atom is -0.292 e. The summed E-state index contributed by atoms with van der Waals surface area (Å²) in [4.78, 5) is 2.21. The Balaban J connectivity index is 2.69. The van der Waals surface area contributed by atoms with Gasteiger partial charge in [-0.05, 0) is 37.9 Å². The molecule has 1 atom stereocenters. The van der Waals surface area contributed by atoms with Crippen LogP contribution >= 0.6 is 0 Å². The molecule has 0 heterocycles. The van der Waals surface area contributed by atoms with Crippen LogP contribution < -0.4 is 0 Å². The molecule has 0 bridgehead atoms. The minimum absolute atomic E-state index is 0.490. The van der Waals surface area contributed by atoms with Crippen molar-refractivity contribution in [3.63, 3.8) is 0 Å². The largest absolute Gasteiger partial charge is 0.292 e. The standard InChI is InChI=1S/C15H21N/c1-5-11-16(4)13(3)12-15-10-8-7-9-14(15)6-2/h1,7-10,13H,6,11-12H2,2-4H3. The molecule has 0 N–H and O–H groups in total. The van der Waals surface area contributed by atoms with Crippen LogP contribution in [0.15, 0.2) is 24.3 Å². The summed E-state index contributed by atoms with van der Waals surface area (Å²) in [6, 6.07) is 9.15. The Morgan fingerprint density at radius 2 is 1.94 bits per heavy atom. The zero-order chi connectivity index (χ0) is 12.0. The van der Waals surface area contributed by atoms with Crippen LogP contribution in [0.4, 0.5) is 0 Å². The maximum atomic E-state index is 5.33. The van der Waals surface area contributed by atoms with Gasteiger partial charge in [0, 0.05) is 6.04 Å². The first-order chi connectivity index (χ1) is 7.69. The molecule has 0 saturated carbocycles. The van der Waals surface area contributed by atoms with Gasteiger partial charge in [0.1, 0.15) is 0 Å². The van der Waals surface area contributed by atoms with Gasteiger partial charge in [-0.1, -0.05) is 37.1 Å². The lowest BCUT2D eigenvalue weighted by Gasteiger charge is -2.23. The highest BCUT2D eigenvalue weighted by atomic mass is 15.1. The summed E-state index contributed by atoms with van der Waals surface area (Å²) in [6.45, 7) is 5.15. The molecule has 1 unspecified atom stereocenters. The molecule has 0 saturated heterocycles. The topological polar surface area (TPSA) is 3.24 Å². The van der Waals surface area contributed by atoms with Gasteiger partial charge in [0.2, 0.25) is 0 Å². The smallest absolute Gasteiger partial charge is 0.0598 e. The molecular formula is C15H21N. The maximum Gasteiger partial charge on any atom is 0.0598 e. The molecular weight excluding hydrogens is 194 g/mol. The summed E-state index contributed by atoms with van der Waals surface area (Å²) in [6.07, 6.45) is 7.50. The average Bonchev–Trinajstić information content (AvgIpc) is 2.30. The van der Waals surface area contributed by atoms with Crippen molar-refractivity contribution in [2.75, 3.05) is 13.6 Å². The zero-order valence-electron chi connectivity index (χ0n) is 10.5. The molecule has 0 fully saturated rings. The first-order valence-electron chi connectivity index (χ1n) is 5.89. The van der Waals surface area contributed by atoms with Crippen LogP contribution in [-0.2, 0) is 12.8 Å². The summed E-state index contributed by atoms with van der Waals surface area (Å²) in [5.74, 6) is 2.69. The molecule has 1 rings (SSSR count). The van der Waals surface area contributed by atoms with Crippen LogP contribution in [0.3, 0.4) is 0 Å². The van der Waals surface area contributed by atoms with E-state index in [1.54, 1.807) is 0 Å². The summed E-state index contributed by atoms with van der Waals surface area (Å²) in [5, 5.41) is 0. The molecule has 0 aliphatic heterocycles. The van der Waals surface area contributed by atoms with Crippen LogP contribution in [-0.4, -0.2) is 24.5 Å². The third-order valence-corrected chi connectivity index (χ3v) is 3.11. The highest BCUT2D eigenvalue weighted by Gasteiger charge is 2.10. The lowest BCUT2D eigenvalue weighted by molar-refractivity contribution is 0.287. The number of nitrogens with zero attached hydrogens (tertiary/aromatic N) is 1. The molecule has 1 aromatic rings. The predicted octanol–water partition coefficient (Wildman–Crippen LogP) is 2.75. The zero-order valence-corrected chi connectivity index (χ0v) is 10.5. The minimum atomic E-state index is 0.490. The fraction of sp³-hybridized carbons (Fsp3) is 0.467. The number of likely N-dealkylation sites (N-methyl/N-ethyl adjacent to an activating group) is 1. The monoisotopic (exact) mass is 215 g/mol. The van der Waals surface area contributed by atoms with Crippen LogP contribution in [0.5, 0.6) is 0 Å². The molecule has 16 heavy (non-hydrogen) atoms. The second kappa shape index (κ2) is 6.35. The Hall–Kier alpha value is -1.26. The van der Waals surface area contributed by atoms with Gasteiger partial charge in [-0.2, -0.15) is 0 Å². The van der Waals surface area contributed by atoms with E-state index in [2.05, 4.69) is 56.0 Å². The van der Waals surface area contributed by atoms with E-state index in [-0.39, 0.29) is 0 Å². The first kappa shape index (κ1) is 12.8. The van der Waals surface area contributed by atoms with Crippen molar-refractivity contribution in [1.82, 2.24) is 4.90 Å². The summed E-state index contributed by atoms with van der Waals surface area (Å²) < 4.78 is 0. The highest BCUT2D eigenvalue weighted by molar-refractivity contribution is 5.27. The van der Waals surface area contributed by atoms with Gasteiger partial charge in [-0.15, -0.1) is 6.42 Å². The summed E-state index contributed by atoms with van der Waals surface area (Å²) in [5.41, 5.74) is 2.89. The van der Waals surface area contributed by atoms with Gasteiger partial charge in [-0.25, -0.2) is 0 Å². The van der Waals surface area contributed by atoms with Crippen molar-refractivity contribution >= 4 is 0 Å². The van der Waals surface area contributed by atoms with Gasteiger partial charge >= 0.3 is 0 Å². The van der Waals surface area contributed by atoms with E-state index in [1.165, 1.54) is 11.1 Å². The van der Waals surface area contributed by atoms with Gasteiger partial charge in [0.15, 0.2) is 0 Å². The maximum absolute atomic E-state index is 5.33. The Morgan fingerprint density at radius 1 is 1.31 bits per heavy atom. The van der Waals surface area contributed by atoms with Gasteiger partial charge in [-0.3, -0.25) is 4.90 Å². The third kappa shape index (κ3) is 3.40. The van der Waals surface area contributed by atoms with E-state index < -0.39 is 0 Å². The van der Waals surface area contributed by atoms with Crippen molar-refractivity contribution in [3.05, 3.63) is 35.4 Å². The lowest BCUT2D eigenvalue weighted by atomic mass is 9.99. The Bertz CT molecular complexity index is 362. The second-order valence-corrected chi connectivity index (χ2v) is 4.29. The van der Waals surface area contributed by atoms with Gasteiger partial charge in [0.25, 0.3) is 0 Å². The molecule has 86 valence electrons. The number of aryl methyl sites for hydroxylation is 1. The van der Waals surface area contributed by atoms with Crippen LogP contribution in [0, 0.1) is 12.3 Å². The number of benzene rings is 1. The van der Waals surface area contributed by atoms with E-state index in [0.29, 0.717) is 6.04 Å². The fourth-order valence-corrected chi connectivity index (χ4v) is 1.88. The SMILES string of the molecule is C#CCN(C)C(C)Cc1ccccc1CC. The fourth-order valence-electron chi connectivity index (χ4n) is 1.88. The van der Waals surface area contributed by atoms with E-state index in [9.17, 15) is 0 Å². The van der Waals surface area contributed by atoms with Crippen molar-refractivity contribution < 1.29 is 0 Å². The van der Waals surface area contributed by atoms with Gasteiger partial charge < -0.3 is 0 Å². The van der Waals surface area contributed by atoms with Crippen molar-refractivity contribution in [2.24, 2.45) is 0 Å². The lowest BCUT2D eigenvalue weighted by Crippen LogP contribution is -2.31. The first-order valence-corrected chi connectivity index (χ1v) is 5.89. The van der Waals surface area contributed by atoms with Crippen molar-refractivity contribution in [3.8, 4) is 12.3 Å². The predicted molar refractivity (Wildman–Crippen MR) is 70.4 cm³/mol. The van der Waals surface area contributed by atoms with E-state index in [4.69, 9.17) is 6.42 Å². The van der Waals surface area contributed by atoms with Crippen molar-refractivity contribution in [1.29, 1.82) is 0 Å². The van der Waals surface area contributed by atoms with Crippen LogP contribution in [0.2, 0.25) is 0 Å². The molecule has 0 radical (unpaired) electrons. The number of terminal acetylenes is 1. The van der Waals surface area contributed by atoms with Crippen LogP contribution in [0.25, 0.3) is 0 Å². The van der Waals surface area contributed by atoms with E-state index >= 15 is 0 Å². The Morgan fingerprint density at radius 3 is 2.50 bits per heavy atom. The van der Waals surface area contributed by atoms with E-state index in [1.807, 2.05) is 0 Å². The van der Waals surface area contributed by atoms with E-state index in [0.717, 1.165) is 19.4 Å². The van der Waals surface area contributed by atoms with Crippen LogP contribution in [0.1, 0.15) is 25.0 Å². The number of hydrogen-bond acceptors (Lipinski definition) is 1. The molecule has 0 aromatic heterocycles. The number of rotatable bonds is 5. The number of hydrogen-bond donors (Lipinski definition) is 0. The molecule has 1 nitrogen and oxygen atoms in total. The molecule has 1 heteroatoms. The molecule has 0 aliphatic rings. The normalized spacial score (nSPS) is 12.4. The average molecular weight is 215 g/mol. The van der Waals surface area contributed by atoms with Crippen molar-refractivity contribution in [2.45, 2.75) is 32.7 Å². The van der Waals surface area contributed by atoms with Gasteiger partial charge in [0.05, 0.1) is 6.54 Å². The highest BCUT2D eigenvalue weighted by Crippen LogP contribution is 2.13. The Kier molecular flexibility index (Phi) is 5.08. The summed E-state index contributed by atoms with van der Waals surface area (Å²) in [7, 11) is 2.08. The Labute approximate surface area is 99.5 Å². The molecule has 0 aliphatic carbocycles. The third-order valence-electron chi connectivity index (χ3n) is 3.11. The summed E-state index contributed by atoms with van der Waals surface area (Å²) >= 11 is 0. The second-order valence-electron chi connectivity index (χ2n) is 4.29. The quantitative estimate of drug-likeness (QED) is 0.683.